The Bertz CT molecular complexity index is 484. The molecular weight excluding hydrogens is 352 g/mol. The zero-order chi connectivity index (χ0) is 15.4. The van der Waals surface area contributed by atoms with Gasteiger partial charge in [-0.1, -0.05) is 0 Å². The van der Waals surface area contributed by atoms with E-state index in [2.05, 4.69) is 29.8 Å². The second-order valence-corrected chi connectivity index (χ2v) is 7.62. The van der Waals surface area contributed by atoms with Crippen LogP contribution in [-0.4, -0.2) is 53.2 Å². The fourth-order valence-corrected chi connectivity index (χ4v) is 4.26. The van der Waals surface area contributed by atoms with Crippen LogP contribution in [-0.2, 0) is 4.74 Å². The highest BCUT2D eigenvalue weighted by atomic mass is 79.9. The molecule has 118 valence electrons. The van der Waals surface area contributed by atoms with E-state index in [-0.39, 0.29) is 11.9 Å². The van der Waals surface area contributed by atoms with Gasteiger partial charge in [0, 0.05) is 42.2 Å². The van der Waals surface area contributed by atoms with E-state index in [0.717, 1.165) is 28.1 Å². The second-order valence-electron chi connectivity index (χ2n) is 5.55. The standard InChI is InChI=1S/C15H23BrN2O2S/c1-11(2)18-9-12(16)8-14(18)15(19)17(5-6-20-3)13-4-7-21-10-13/h8-9,11,13H,4-7,10H2,1-3H3. The lowest BCUT2D eigenvalue weighted by atomic mass is 10.2. The van der Waals surface area contributed by atoms with Gasteiger partial charge in [-0.15, -0.1) is 0 Å². The number of rotatable bonds is 6. The third kappa shape index (κ3) is 4.05. The molecule has 1 aliphatic rings. The highest BCUT2D eigenvalue weighted by Crippen LogP contribution is 2.26. The van der Waals surface area contributed by atoms with Crippen molar-refractivity contribution in [3.05, 3.63) is 22.4 Å². The first kappa shape index (κ1) is 16.9. The SMILES string of the molecule is COCCN(C(=O)c1cc(Br)cn1C(C)C)C1CCSC1. The van der Waals surface area contributed by atoms with Crippen LogP contribution in [0.2, 0.25) is 0 Å². The van der Waals surface area contributed by atoms with Crippen molar-refractivity contribution in [3.63, 3.8) is 0 Å². The van der Waals surface area contributed by atoms with Crippen molar-refractivity contribution < 1.29 is 9.53 Å². The van der Waals surface area contributed by atoms with E-state index in [0.29, 0.717) is 19.2 Å². The van der Waals surface area contributed by atoms with Gasteiger partial charge in [0.1, 0.15) is 5.69 Å². The molecule has 4 nitrogen and oxygen atoms in total. The molecule has 1 saturated heterocycles. The van der Waals surface area contributed by atoms with Crippen molar-refractivity contribution >= 4 is 33.6 Å². The summed E-state index contributed by atoms with van der Waals surface area (Å²) in [5, 5.41) is 0. The Balaban J connectivity index is 2.24. The van der Waals surface area contributed by atoms with Crippen LogP contribution in [0.5, 0.6) is 0 Å². The summed E-state index contributed by atoms with van der Waals surface area (Å²) in [7, 11) is 1.68. The minimum Gasteiger partial charge on any atom is -0.383 e. The molecule has 1 fully saturated rings. The number of methoxy groups -OCH3 is 1. The molecule has 0 radical (unpaired) electrons. The normalized spacial score (nSPS) is 18.4. The summed E-state index contributed by atoms with van der Waals surface area (Å²) in [6.07, 6.45) is 3.06. The van der Waals surface area contributed by atoms with Gasteiger partial charge in [0.25, 0.3) is 5.91 Å². The molecule has 1 unspecified atom stereocenters. The van der Waals surface area contributed by atoms with Crippen LogP contribution < -0.4 is 0 Å². The fraction of sp³-hybridized carbons (Fsp3) is 0.667. The Hall–Kier alpha value is -0.460. The summed E-state index contributed by atoms with van der Waals surface area (Å²) < 4.78 is 8.17. The lowest BCUT2D eigenvalue weighted by Gasteiger charge is -2.29. The highest BCUT2D eigenvalue weighted by Gasteiger charge is 2.29. The van der Waals surface area contributed by atoms with Crippen LogP contribution in [0.3, 0.4) is 0 Å². The van der Waals surface area contributed by atoms with Gasteiger partial charge in [-0.3, -0.25) is 4.79 Å². The fourth-order valence-electron chi connectivity index (χ4n) is 2.60. The Morgan fingerprint density at radius 3 is 2.95 bits per heavy atom. The second kappa shape index (κ2) is 7.70. The minimum atomic E-state index is 0.110. The number of amides is 1. The summed E-state index contributed by atoms with van der Waals surface area (Å²) in [6.45, 7) is 5.42. The van der Waals surface area contributed by atoms with Crippen LogP contribution in [0.25, 0.3) is 0 Å². The minimum absolute atomic E-state index is 0.110. The molecule has 1 aliphatic heterocycles. The zero-order valence-corrected chi connectivity index (χ0v) is 15.2. The largest absolute Gasteiger partial charge is 0.383 e. The van der Waals surface area contributed by atoms with E-state index in [1.807, 2.05) is 33.5 Å². The quantitative estimate of drug-likeness (QED) is 0.764. The molecule has 0 aliphatic carbocycles. The van der Waals surface area contributed by atoms with Gasteiger partial charge in [0.15, 0.2) is 0 Å². The predicted octanol–water partition coefficient (Wildman–Crippen LogP) is 3.43. The van der Waals surface area contributed by atoms with Crippen molar-refractivity contribution in [2.24, 2.45) is 0 Å². The lowest BCUT2D eigenvalue weighted by molar-refractivity contribution is 0.0612. The van der Waals surface area contributed by atoms with Crippen molar-refractivity contribution in [2.75, 3.05) is 31.8 Å². The first-order chi connectivity index (χ1) is 10.0. The van der Waals surface area contributed by atoms with E-state index < -0.39 is 0 Å². The third-order valence-corrected chi connectivity index (χ3v) is 5.31. The molecule has 0 aromatic carbocycles. The molecule has 0 bridgehead atoms. The van der Waals surface area contributed by atoms with Crippen molar-refractivity contribution in [2.45, 2.75) is 32.4 Å². The van der Waals surface area contributed by atoms with E-state index >= 15 is 0 Å². The van der Waals surface area contributed by atoms with Crippen LogP contribution in [0, 0.1) is 0 Å². The maximum atomic E-state index is 13.0. The van der Waals surface area contributed by atoms with Crippen LogP contribution in [0.1, 0.15) is 36.8 Å². The van der Waals surface area contributed by atoms with Gasteiger partial charge in [0.05, 0.1) is 6.61 Å². The molecule has 2 heterocycles. The molecule has 0 N–H and O–H groups in total. The zero-order valence-electron chi connectivity index (χ0n) is 12.8. The van der Waals surface area contributed by atoms with Gasteiger partial charge in [-0.25, -0.2) is 0 Å². The van der Waals surface area contributed by atoms with Gasteiger partial charge in [-0.2, -0.15) is 11.8 Å². The number of hydrogen-bond acceptors (Lipinski definition) is 3. The van der Waals surface area contributed by atoms with Crippen LogP contribution >= 0.6 is 27.7 Å². The van der Waals surface area contributed by atoms with Gasteiger partial charge in [0.2, 0.25) is 0 Å². The number of hydrogen-bond donors (Lipinski definition) is 0. The van der Waals surface area contributed by atoms with E-state index in [1.54, 1.807) is 7.11 Å². The summed E-state index contributed by atoms with van der Waals surface area (Å²) in [5.41, 5.74) is 0.755. The van der Waals surface area contributed by atoms with Crippen LogP contribution in [0.4, 0.5) is 0 Å². The molecule has 1 amide bonds. The summed E-state index contributed by atoms with van der Waals surface area (Å²) in [5.74, 6) is 2.27. The number of ether oxygens (including phenoxy) is 1. The van der Waals surface area contributed by atoms with E-state index in [1.165, 1.54) is 0 Å². The lowest BCUT2D eigenvalue weighted by Crippen LogP contribution is -2.43. The molecular formula is C15H23BrN2O2S. The van der Waals surface area contributed by atoms with Crippen molar-refractivity contribution in [1.29, 1.82) is 0 Å². The van der Waals surface area contributed by atoms with E-state index in [9.17, 15) is 4.79 Å². The highest BCUT2D eigenvalue weighted by molar-refractivity contribution is 9.10. The topological polar surface area (TPSA) is 34.5 Å². The number of carbonyl (C=O) groups is 1. The molecule has 0 spiro atoms. The Morgan fingerprint density at radius 2 is 2.38 bits per heavy atom. The Morgan fingerprint density at radius 1 is 1.62 bits per heavy atom. The molecule has 1 atom stereocenters. The van der Waals surface area contributed by atoms with Crippen molar-refractivity contribution in [3.8, 4) is 0 Å². The number of halogens is 1. The first-order valence-corrected chi connectivity index (χ1v) is 9.24. The molecule has 0 saturated carbocycles. The number of thioether (sulfide) groups is 1. The maximum absolute atomic E-state index is 13.0. The first-order valence-electron chi connectivity index (χ1n) is 7.29. The number of aromatic nitrogens is 1. The third-order valence-electron chi connectivity index (χ3n) is 3.73. The molecule has 21 heavy (non-hydrogen) atoms. The van der Waals surface area contributed by atoms with Crippen molar-refractivity contribution in [1.82, 2.24) is 9.47 Å². The molecule has 6 heteroatoms. The average Bonchev–Trinajstić information content (AvgIpc) is 3.08. The maximum Gasteiger partial charge on any atom is 0.270 e. The summed E-state index contributed by atoms with van der Waals surface area (Å²) in [6, 6.07) is 2.51. The van der Waals surface area contributed by atoms with Crippen LogP contribution in [0.15, 0.2) is 16.7 Å². The average molecular weight is 375 g/mol. The Labute approximate surface area is 139 Å². The molecule has 2 rings (SSSR count). The number of carbonyl (C=O) groups excluding carboxylic acids is 1. The summed E-state index contributed by atoms with van der Waals surface area (Å²) >= 11 is 5.41. The molecule has 1 aromatic rings. The number of nitrogens with zero attached hydrogens (tertiary/aromatic N) is 2. The smallest absolute Gasteiger partial charge is 0.270 e. The van der Waals surface area contributed by atoms with E-state index in [4.69, 9.17) is 4.74 Å². The molecule has 1 aromatic heterocycles. The summed E-state index contributed by atoms with van der Waals surface area (Å²) in [4.78, 5) is 15.0. The van der Waals surface area contributed by atoms with Gasteiger partial charge >= 0.3 is 0 Å². The van der Waals surface area contributed by atoms with Gasteiger partial charge in [-0.05, 0) is 48.0 Å². The predicted molar refractivity (Wildman–Crippen MR) is 91.2 cm³/mol. The monoisotopic (exact) mass is 374 g/mol. The Kier molecular flexibility index (Phi) is 6.20. The van der Waals surface area contributed by atoms with Gasteiger partial charge < -0.3 is 14.2 Å².